The van der Waals surface area contributed by atoms with Crippen LogP contribution in [0.5, 0.6) is 0 Å². The molecule has 320 valence electrons. The molecule has 0 bridgehead atoms. The van der Waals surface area contributed by atoms with Gasteiger partial charge in [-0.15, -0.1) is 0 Å². The molecule has 2 heteroatoms. The highest BCUT2D eigenvalue weighted by atomic mass is 28.3. The Hall–Kier alpha value is -7.63. The highest BCUT2D eigenvalue weighted by molar-refractivity contribution is 7.05. The van der Waals surface area contributed by atoms with E-state index in [0.717, 1.165) is 0 Å². The van der Waals surface area contributed by atoms with Crippen LogP contribution in [0.1, 0.15) is 0 Å². The standard InChI is InChI=1S/C66H48Si2/c1-67(2)57-37-35-54-53(65(57)55-33-31-43(39-59(55)67)63-49-27-15-11-23-45(49)61(41-19-7-5-8-20-41)46-24-12-16-28-50(46)63)36-38-58-66(54)56-34-32-44(40-60(56)68(58,3)4)64-51-29-17-13-25-47(51)62(42-21-9-6-10-22-42)48-26-14-18-30-52(48)64/h5-40H,1-4H3. The molecule has 68 heavy (non-hydrogen) atoms. The van der Waals surface area contributed by atoms with Crippen molar-refractivity contribution in [2.45, 2.75) is 26.2 Å². The maximum atomic E-state index is 2.59. The van der Waals surface area contributed by atoms with Gasteiger partial charge in [-0.1, -0.05) is 245 Å². The van der Waals surface area contributed by atoms with Crippen LogP contribution in [0.25, 0.3) is 121 Å². The van der Waals surface area contributed by atoms with Crippen LogP contribution < -0.4 is 20.7 Å². The van der Waals surface area contributed by atoms with Gasteiger partial charge in [-0.05, 0) is 141 Å². The topological polar surface area (TPSA) is 0 Å². The zero-order valence-corrected chi connectivity index (χ0v) is 40.8. The van der Waals surface area contributed by atoms with E-state index in [1.54, 1.807) is 10.4 Å². The summed E-state index contributed by atoms with van der Waals surface area (Å²) in [6.07, 6.45) is 0. The van der Waals surface area contributed by atoms with Gasteiger partial charge in [-0.25, -0.2) is 0 Å². The minimum absolute atomic E-state index is 1.26. The molecule has 0 atom stereocenters. The molecule has 2 aliphatic rings. The van der Waals surface area contributed by atoms with Gasteiger partial charge in [0.15, 0.2) is 0 Å². The normalized spacial score (nSPS) is 14.1. The van der Waals surface area contributed by atoms with Crippen LogP contribution in [0.3, 0.4) is 0 Å². The Morgan fingerprint density at radius 2 is 0.471 bits per heavy atom. The third kappa shape index (κ3) is 5.42. The van der Waals surface area contributed by atoms with Gasteiger partial charge in [-0.2, -0.15) is 0 Å². The number of rotatable bonds is 4. The van der Waals surface area contributed by atoms with Gasteiger partial charge in [-0.3, -0.25) is 0 Å². The Balaban J connectivity index is 0.939. The number of benzene rings is 12. The molecule has 0 aromatic heterocycles. The van der Waals surface area contributed by atoms with Gasteiger partial charge < -0.3 is 0 Å². The van der Waals surface area contributed by atoms with Crippen LogP contribution in [-0.2, 0) is 0 Å². The van der Waals surface area contributed by atoms with Crippen molar-refractivity contribution in [2.75, 3.05) is 0 Å². The summed E-state index contributed by atoms with van der Waals surface area (Å²) in [6, 6.07) is 83.1. The maximum absolute atomic E-state index is 2.59. The van der Waals surface area contributed by atoms with Crippen molar-refractivity contribution < 1.29 is 0 Å². The Bertz CT molecular complexity index is 3740. The molecule has 12 aromatic rings. The summed E-state index contributed by atoms with van der Waals surface area (Å²) in [5.74, 6) is 0. The van der Waals surface area contributed by atoms with Crippen molar-refractivity contribution in [3.63, 3.8) is 0 Å². The van der Waals surface area contributed by atoms with Crippen LogP contribution in [0.4, 0.5) is 0 Å². The molecule has 0 nitrogen and oxygen atoms in total. The first kappa shape index (κ1) is 39.5. The maximum Gasteiger partial charge on any atom is 0.113 e. The lowest BCUT2D eigenvalue weighted by Crippen LogP contribution is -2.49. The SMILES string of the molecule is C[Si]1(C)c2cc(-c3c4ccccc4c(-c4ccccc4)c4ccccc34)ccc2-c2c1ccc1c3c(ccc21)[Si](C)(C)c1cc(-c2c4ccccc4c(-c4ccccc4)c4ccccc24)ccc1-3. The molecule has 0 unspecified atom stereocenters. The second kappa shape index (κ2) is 14.4. The highest BCUT2D eigenvalue weighted by Crippen LogP contribution is 2.48. The summed E-state index contributed by atoms with van der Waals surface area (Å²) in [7, 11) is -4.19. The minimum Gasteiger partial charge on any atom is -0.0622 e. The van der Waals surface area contributed by atoms with Crippen LogP contribution in [0.2, 0.25) is 26.2 Å². The molecule has 0 amide bonds. The van der Waals surface area contributed by atoms with Crippen molar-refractivity contribution in [3.8, 4) is 66.8 Å². The number of hydrogen-bond donors (Lipinski definition) is 0. The van der Waals surface area contributed by atoms with E-state index in [1.807, 2.05) is 0 Å². The summed E-state index contributed by atoms with van der Waals surface area (Å²) in [4.78, 5) is 0. The molecule has 12 aromatic carbocycles. The van der Waals surface area contributed by atoms with E-state index in [1.165, 1.54) is 131 Å². The van der Waals surface area contributed by atoms with E-state index in [-0.39, 0.29) is 0 Å². The Kier molecular flexibility index (Phi) is 8.39. The summed E-state index contributed by atoms with van der Waals surface area (Å²) >= 11 is 0. The van der Waals surface area contributed by atoms with E-state index < -0.39 is 16.1 Å². The molecule has 2 aliphatic heterocycles. The molecule has 0 saturated heterocycles. The van der Waals surface area contributed by atoms with Crippen molar-refractivity contribution in [1.82, 2.24) is 0 Å². The molecule has 0 saturated carbocycles. The second-order valence-corrected chi connectivity index (χ2v) is 28.9. The van der Waals surface area contributed by atoms with E-state index in [4.69, 9.17) is 0 Å². The van der Waals surface area contributed by atoms with E-state index in [0.29, 0.717) is 0 Å². The number of fused-ring (bicyclic) bond motifs is 13. The molecular formula is C66H48Si2. The average molecular weight is 897 g/mol. The smallest absolute Gasteiger partial charge is 0.0622 e. The van der Waals surface area contributed by atoms with Crippen LogP contribution in [-0.4, -0.2) is 16.1 Å². The molecule has 0 aliphatic carbocycles. The van der Waals surface area contributed by atoms with Crippen LogP contribution >= 0.6 is 0 Å². The largest absolute Gasteiger partial charge is 0.113 e. The minimum atomic E-state index is -2.09. The van der Waals surface area contributed by atoms with Crippen molar-refractivity contribution in [3.05, 3.63) is 218 Å². The Labute approximate surface area is 399 Å². The summed E-state index contributed by atoms with van der Waals surface area (Å²) < 4.78 is 0. The van der Waals surface area contributed by atoms with Gasteiger partial charge in [0.05, 0.1) is 0 Å². The fourth-order valence-corrected chi connectivity index (χ4v) is 19.1. The van der Waals surface area contributed by atoms with E-state index >= 15 is 0 Å². The van der Waals surface area contributed by atoms with Crippen molar-refractivity contribution in [1.29, 1.82) is 0 Å². The first-order valence-electron chi connectivity index (χ1n) is 24.2. The molecule has 0 fully saturated rings. The quantitative estimate of drug-likeness (QED) is 0.122. The average Bonchev–Trinajstić information content (AvgIpc) is 3.76. The predicted octanol–water partition coefficient (Wildman–Crippen LogP) is 15.7. The lowest BCUT2D eigenvalue weighted by Gasteiger charge is -2.22. The molecule has 0 N–H and O–H groups in total. The summed E-state index contributed by atoms with van der Waals surface area (Å²) in [5.41, 5.74) is 16.2. The first-order valence-corrected chi connectivity index (χ1v) is 30.2. The lowest BCUT2D eigenvalue weighted by molar-refractivity contribution is 1.66. The first-order chi connectivity index (χ1) is 33.3. The Morgan fingerprint density at radius 1 is 0.206 bits per heavy atom. The van der Waals surface area contributed by atoms with Crippen LogP contribution in [0.15, 0.2) is 218 Å². The third-order valence-electron chi connectivity index (χ3n) is 16.0. The van der Waals surface area contributed by atoms with Crippen LogP contribution in [0, 0.1) is 0 Å². The summed E-state index contributed by atoms with van der Waals surface area (Å²) in [5, 5.41) is 19.4. The second-order valence-electron chi connectivity index (χ2n) is 20.3. The molecule has 0 spiro atoms. The monoisotopic (exact) mass is 896 g/mol. The molecule has 0 radical (unpaired) electrons. The third-order valence-corrected chi connectivity index (χ3v) is 23.1. The summed E-state index contributed by atoms with van der Waals surface area (Å²) in [6.45, 7) is 10.3. The highest BCUT2D eigenvalue weighted by Gasteiger charge is 2.42. The predicted molar refractivity (Wildman–Crippen MR) is 300 cm³/mol. The van der Waals surface area contributed by atoms with Gasteiger partial charge >= 0.3 is 0 Å². The van der Waals surface area contributed by atoms with Gasteiger partial charge in [0.2, 0.25) is 0 Å². The van der Waals surface area contributed by atoms with Gasteiger partial charge in [0, 0.05) is 0 Å². The van der Waals surface area contributed by atoms with E-state index in [9.17, 15) is 0 Å². The zero-order chi connectivity index (χ0) is 45.5. The Morgan fingerprint density at radius 3 is 0.779 bits per heavy atom. The van der Waals surface area contributed by atoms with E-state index in [2.05, 4.69) is 245 Å². The molecular weight excluding hydrogens is 849 g/mol. The zero-order valence-electron chi connectivity index (χ0n) is 38.8. The van der Waals surface area contributed by atoms with Crippen molar-refractivity contribution in [2.24, 2.45) is 0 Å². The molecule has 2 heterocycles. The lowest BCUT2D eigenvalue weighted by atomic mass is 9.85. The van der Waals surface area contributed by atoms with Gasteiger partial charge in [0.1, 0.15) is 16.1 Å². The number of hydrogen-bond acceptors (Lipinski definition) is 0. The molecule has 14 rings (SSSR count). The fourth-order valence-electron chi connectivity index (χ4n) is 12.9. The van der Waals surface area contributed by atoms with Crippen molar-refractivity contribution >= 4 is 90.8 Å². The van der Waals surface area contributed by atoms with Gasteiger partial charge in [0.25, 0.3) is 0 Å². The fraction of sp³-hybridized carbons (Fsp3) is 0.0606.